The molecule has 0 spiro atoms. The van der Waals surface area contributed by atoms with Crippen LogP contribution in [0.15, 0.2) is 49.1 Å². The van der Waals surface area contributed by atoms with Crippen molar-refractivity contribution in [3.05, 3.63) is 60.2 Å². The van der Waals surface area contributed by atoms with Crippen molar-refractivity contribution in [2.75, 3.05) is 7.05 Å². The summed E-state index contributed by atoms with van der Waals surface area (Å²) in [7, 11) is 1.76. The van der Waals surface area contributed by atoms with E-state index in [-0.39, 0.29) is 6.03 Å². The second-order valence-corrected chi connectivity index (χ2v) is 4.23. The summed E-state index contributed by atoms with van der Waals surface area (Å²) < 4.78 is 0. The summed E-state index contributed by atoms with van der Waals surface area (Å²) in [6.45, 7) is 1.04. The van der Waals surface area contributed by atoms with E-state index in [2.05, 4.69) is 15.3 Å². The second-order valence-electron chi connectivity index (χ2n) is 4.23. The molecule has 98 valence electrons. The summed E-state index contributed by atoms with van der Waals surface area (Å²) in [5.74, 6) is 0. The molecular formula is C14H16N4O. The summed E-state index contributed by atoms with van der Waals surface area (Å²) in [5, 5.41) is 2.85. The van der Waals surface area contributed by atoms with Gasteiger partial charge in [-0.3, -0.25) is 9.97 Å². The molecule has 0 aromatic carbocycles. The van der Waals surface area contributed by atoms with Crippen molar-refractivity contribution in [1.29, 1.82) is 0 Å². The monoisotopic (exact) mass is 256 g/mol. The quantitative estimate of drug-likeness (QED) is 0.907. The largest absolute Gasteiger partial charge is 0.334 e. The van der Waals surface area contributed by atoms with Crippen LogP contribution in [0.4, 0.5) is 4.79 Å². The Labute approximate surface area is 112 Å². The number of carbonyl (C=O) groups excluding carboxylic acids is 1. The average molecular weight is 256 g/mol. The van der Waals surface area contributed by atoms with Crippen molar-refractivity contribution < 1.29 is 4.79 Å². The van der Waals surface area contributed by atoms with Crippen LogP contribution in [0.2, 0.25) is 0 Å². The highest BCUT2D eigenvalue weighted by Gasteiger charge is 2.08. The van der Waals surface area contributed by atoms with Crippen LogP contribution in [0, 0.1) is 0 Å². The maximum absolute atomic E-state index is 11.9. The number of hydrogen-bond acceptors (Lipinski definition) is 3. The van der Waals surface area contributed by atoms with Gasteiger partial charge in [0.25, 0.3) is 0 Å². The minimum Gasteiger partial charge on any atom is -0.334 e. The number of nitrogens with zero attached hydrogens (tertiary/aromatic N) is 3. The van der Waals surface area contributed by atoms with Gasteiger partial charge in [0, 0.05) is 44.9 Å². The Morgan fingerprint density at radius 3 is 2.63 bits per heavy atom. The zero-order valence-electron chi connectivity index (χ0n) is 10.8. The van der Waals surface area contributed by atoms with Gasteiger partial charge in [-0.2, -0.15) is 0 Å². The molecule has 0 unspecified atom stereocenters. The molecule has 0 bridgehead atoms. The van der Waals surface area contributed by atoms with Crippen molar-refractivity contribution in [3.8, 4) is 0 Å². The zero-order chi connectivity index (χ0) is 13.5. The summed E-state index contributed by atoms with van der Waals surface area (Å²) in [4.78, 5) is 21.5. The van der Waals surface area contributed by atoms with Gasteiger partial charge in [-0.15, -0.1) is 0 Å². The Kier molecular flexibility index (Phi) is 4.44. The van der Waals surface area contributed by atoms with Crippen LogP contribution in [-0.2, 0) is 13.1 Å². The van der Waals surface area contributed by atoms with Crippen LogP contribution in [0.3, 0.4) is 0 Å². The first-order valence-electron chi connectivity index (χ1n) is 6.02. The van der Waals surface area contributed by atoms with E-state index in [1.165, 1.54) is 0 Å². The Bertz CT molecular complexity index is 515. The maximum atomic E-state index is 11.9. The van der Waals surface area contributed by atoms with Gasteiger partial charge >= 0.3 is 6.03 Å². The van der Waals surface area contributed by atoms with Crippen LogP contribution in [-0.4, -0.2) is 27.9 Å². The van der Waals surface area contributed by atoms with Gasteiger partial charge in [-0.05, 0) is 29.3 Å². The molecule has 0 fully saturated rings. The standard InChI is InChI=1S/C14H16N4O/c1-18(11-12-4-7-15-8-5-12)14(19)17-10-13-3-2-6-16-9-13/h2-9H,10-11H2,1H3,(H,17,19). The zero-order valence-corrected chi connectivity index (χ0v) is 10.8. The van der Waals surface area contributed by atoms with E-state index in [1.54, 1.807) is 36.7 Å². The van der Waals surface area contributed by atoms with E-state index in [0.717, 1.165) is 11.1 Å². The fourth-order valence-corrected chi connectivity index (χ4v) is 1.65. The predicted molar refractivity (Wildman–Crippen MR) is 72.2 cm³/mol. The molecule has 5 nitrogen and oxygen atoms in total. The van der Waals surface area contributed by atoms with Crippen molar-refractivity contribution in [3.63, 3.8) is 0 Å². The lowest BCUT2D eigenvalue weighted by atomic mass is 10.2. The number of rotatable bonds is 4. The van der Waals surface area contributed by atoms with Gasteiger partial charge in [0.2, 0.25) is 0 Å². The number of carbonyl (C=O) groups is 1. The van der Waals surface area contributed by atoms with E-state index in [0.29, 0.717) is 13.1 Å². The van der Waals surface area contributed by atoms with Crippen LogP contribution in [0.25, 0.3) is 0 Å². The maximum Gasteiger partial charge on any atom is 0.317 e. The Balaban J connectivity index is 1.83. The smallest absolute Gasteiger partial charge is 0.317 e. The molecule has 2 aromatic rings. The first-order chi connectivity index (χ1) is 9.25. The molecule has 5 heteroatoms. The third-order valence-corrected chi connectivity index (χ3v) is 2.68. The number of pyridine rings is 2. The molecule has 0 radical (unpaired) electrons. The van der Waals surface area contributed by atoms with E-state index in [4.69, 9.17) is 0 Å². The molecule has 0 atom stereocenters. The molecule has 0 aliphatic rings. The van der Waals surface area contributed by atoms with E-state index in [1.807, 2.05) is 24.3 Å². The molecular weight excluding hydrogens is 240 g/mol. The average Bonchev–Trinajstić information content (AvgIpc) is 2.47. The minimum atomic E-state index is -0.110. The first-order valence-corrected chi connectivity index (χ1v) is 6.02. The van der Waals surface area contributed by atoms with E-state index < -0.39 is 0 Å². The molecule has 2 heterocycles. The van der Waals surface area contributed by atoms with E-state index >= 15 is 0 Å². The highest BCUT2D eigenvalue weighted by molar-refractivity contribution is 5.73. The molecule has 2 aromatic heterocycles. The molecule has 2 rings (SSSR count). The number of amides is 2. The minimum absolute atomic E-state index is 0.110. The SMILES string of the molecule is CN(Cc1ccncc1)C(=O)NCc1cccnc1. The molecule has 0 aliphatic heterocycles. The van der Waals surface area contributed by atoms with Crippen molar-refractivity contribution >= 4 is 6.03 Å². The van der Waals surface area contributed by atoms with Crippen LogP contribution < -0.4 is 5.32 Å². The Hall–Kier alpha value is -2.43. The van der Waals surface area contributed by atoms with Crippen LogP contribution in [0.1, 0.15) is 11.1 Å². The molecule has 0 saturated heterocycles. The highest BCUT2D eigenvalue weighted by atomic mass is 16.2. The second kappa shape index (κ2) is 6.49. The van der Waals surface area contributed by atoms with Gasteiger partial charge in [-0.1, -0.05) is 6.07 Å². The van der Waals surface area contributed by atoms with Crippen LogP contribution >= 0.6 is 0 Å². The third-order valence-electron chi connectivity index (χ3n) is 2.68. The van der Waals surface area contributed by atoms with Gasteiger partial charge in [0.15, 0.2) is 0 Å². The fourth-order valence-electron chi connectivity index (χ4n) is 1.65. The number of hydrogen-bond donors (Lipinski definition) is 1. The summed E-state index contributed by atoms with van der Waals surface area (Å²) >= 11 is 0. The van der Waals surface area contributed by atoms with Crippen molar-refractivity contribution in [2.45, 2.75) is 13.1 Å². The number of nitrogens with one attached hydrogen (secondary N) is 1. The molecule has 19 heavy (non-hydrogen) atoms. The Morgan fingerprint density at radius 2 is 1.95 bits per heavy atom. The van der Waals surface area contributed by atoms with Gasteiger partial charge in [0.05, 0.1) is 0 Å². The lowest BCUT2D eigenvalue weighted by Gasteiger charge is -2.17. The summed E-state index contributed by atoms with van der Waals surface area (Å²) in [5.41, 5.74) is 2.03. The van der Waals surface area contributed by atoms with E-state index in [9.17, 15) is 4.79 Å². The highest BCUT2D eigenvalue weighted by Crippen LogP contribution is 2.02. The molecule has 0 aliphatic carbocycles. The fraction of sp³-hybridized carbons (Fsp3) is 0.214. The van der Waals surface area contributed by atoms with Crippen LogP contribution in [0.5, 0.6) is 0 Å². The first kappa shape index (κ1) is 13.0. The summed E-state index contributed by atoms with van der Waals surface area (Å²) in [6.07, 6.45) is 6.89. The van der Waals surface area contributed by atoms with Gasteiger partial charge < -0.3 is 10.2 Å². The molecule has 1 N–H and O–H groups in total. The lowest BCUT2D eigenvalue weighted by molar-refractivity contribution is 0.206. The third kappa shape index (κ3) is 4.06. The number of aromatic nitrogens is 2. The lowest BCUT2D eigenvalue weighted by Crippen LogP contribution is -2.36. The summed E-state index contributed by atoms with van der Waals surface area (Å²) in [6, 6.07) is 7.45. The Morgan fingerprint density at radius 1 is 1.16 bits per heavy atom. The normalized spacial score (nSPS) is 9.95. The van der Waals surface area contributed by atoms with Gasteiger partial charge in [0.1, 0.15) is 0 Å². The van der Waals surface area contributed by atoms with Crippen molar-refractivity contribution in [1.82, 2.24) is 20.2 Å². The molecule has 0 saturated carbocycles. The van der Waals surface area contributed by atoms with Crippen molar-refractivity contribution in [2.24, 2.45) is 0 Å². The van der Waals surface area contributed by atoms with Gasteiger partial charge in [-0.25, -0.2) is 4.79 Å². The topological polar surface area (TPSA) is 58.1 Å². The number of urea groups is 1. The molecule has 2 amide bonds. The predicted octanol–water partition coefficient (Wildman–Crippen LogP) is 1.82.